The molecular weight excluding hydrogens is 244 g/mol. The van der Waals surface area contributed by atoms with E-state index in [1.54, 1.807) is 24.3 Å². The van der Waals surface area contributed by atoms with Crippen molar-refractivity contribution in [2.75, 3.05) is 6.54 Å². The Labute approximate surface area is 112 Å². The maximum atomic E-state index is 11.4. The molecule has 1 atom stereocenters. The van der Waals surface area contributed by atoms with Gasteiger partial charge in [0, 0.05) is 19.0 Å². The molecule has 1 unspecified atom stereocenters. The number of nitrogens with one attached hydrogen (secondary N) is 1. The van der Waals surface area contributed by atoms with Gasteiger partial charge in [-0.05, 0) is 37.5 Å². The van der Waals surface area contributed by atoms with E-state index in [4.69, 9.17) is 10.8 Å². The zero-order valence-corrected chi connectivity index (χ0v) is 11.1. The third-order valence-electron chi connectivity index (χ3n) is 2.76. The Hall–Kier alpha value is -1.88. The Morgan fingerprint density at radius 2 is 1.95 bits per heavy atom. The molecule has 19 heavy (non-hydrogen) atoms. The summed E-state index contributed by atoms with van der Waals surface area (Å²) in [7, 11) is 0. The molecular formula is C14H20N2O3. The van der Waals surface area contributed by atoms with E-state index in [-0.39, 0.29) is 17.5 Å². The van der Waals surface area contributed by atoms with E-state index >= 15 is 0 Å². The van der Waals surface area contributed by atoms with Crippen LogP contribution in [-0.2, 0) is 11.2 Å². The molecule has 0 aliphatic rings. The van der Waals surface area contributed by atoms with Gasteiger partial charge in [-0.1, -0.05) is 12.1 Å². The Balaban J connectivity index is 2.29. The summed E-state index contributed by atoms with van der Waals surface area (Å²) >= 11 is 0. The molecule has 0 aliphatic carbocycles. The number of carbonyl (C=O) groups is 2. The number of hydrogen-bond donors (Lipinski definition) is 3. The van der Waals surface area contributed by atoms with E-state index in [2.05, 4.69) is 5.32 Å². The summed E-state index contributed by atoms with van der Waals surface area (Å²) in [6.45, 7) is 2.42. The van der Waals surface area contributed by atoms with Crippen LogP contribution in [0.4, 0.5) is 0 Å². The lowest BCUT2D eigenvalue weighted by molar-refractivity contribution is -0.121. The second-order valence-electron chi connectivity index (χ2n) is 4.62. The number of hydrogen-bond acceptors (Lipinski definition) is 3. The van der Waals surface area contributed by atoms with Crippen LogP contribution in [0.15, 0.2) is 24.3 Å². The Morgan fingerprint density at radius 1 is 1.32 bits per heavy atom. The van der Waals surface area contributed by atoms with Gasteiger partial charge in [-0.25, -0.2) is 4.79 Å². The first-order valence-corrected chi connectivity index (χ1v) is 6.33. The molecule has 4 N–H and O–H groups in total. The molecule has 5 heteroatoms. The van der Waals surface area contributed by atoms with Crippen molar-refractivity contribution in [3.63, 3.8) is 0 Å². The van der Waals surface area contributed by atoms with Crippen LogP contribution in [0.1, 0.15) is 35.7 Å². The lowest BCUT2D eigenvalue weighted by atomic mass is 10.1. The van der Waals surface area contributed by atoms with Crippen LogP contribution >= 0.6 is 0 Å². The Morgan fingerprint density at radius 3 is 2.47 bits per heavy atom. The predicted octanol–water partition coefficient (Wildman–Crippen LogP) is 1.17. The van der Waals surface area contributed by atoms with Gasteiger partial charge in [0.05, 0.1) is 5.56 Å². The van der Waals surface area contributed by atoms with Gasteiger partial charge in [0.25, 0.3) is 0 Å². The molecule has 0 bridgehead atoms. The highest BCUT2D eigenvalue weighted by atomic mass is 16.4. The lowest BCUT2D eigenvalue weighted by Crippen LogP contribution is -2.27. The minimum absolute atomic E-state index is 0.000504. The van der Waals surface area contributed by atoms with Crippen LogP contribution in [0.2, 0.25) is 0 Å². The molecule has 104 valence electrons. The molecule has 0 aromatic heterocycles. The quantitative estimate of drug-likeness (QED) is 0.689. The topological polar surface area (TPSA) is 92.4 Å². The fourth-order valence-electron chi connectivity index (χ4n) is 1.61. The maximum Gasteiger partial charge on any atom is 0.335 e. The summed E-state index contributed by atoms with van der Waals surface area (Å²) < 4.78 is 0. The van der Waals surface area contributed by atoms with Gasteiger partial charge in [-0.3, -0.25) is 4.79 Å². The van der Waals surface area contributed by atoms with Crippen LogP contribution in [-0.4, -0.2) is 29.6 Å². The first-order chi connectivity index (χ1) is 8.99. The zero-order chi connectivity index (χ0) is 14.3. The van der Waals surface area contributed by atoms with Crippen molar-refractivity contribution in [3.05, 3.63) is 35.4 Å². The fraction of sp³-hybridized carbons (Fsp3) is 0.429. The summed E-state index contributed by atoms with van der Waals surface area (Å²) in [6, 6.07) is 6.69. The van der Waals surface area contributed by atoms with E-state index in [1.807, 2.05) is 6.92 Å². The molecule has 0 fully saturated rings. The summed E-state index contributed by atoms with van der Waals surface area (Å²) in [6.07, 6.45) is 1.80. The lowest BCUT2D eigenvalue weighted by Gasteiger charge is -2.07. The first-order valence-electron chi connectivity index (χ1n) is 6.33. The van der Waals surface area contributed by atoms with Crippen LogP contribution < -0.4 is 11.1 Å². The Kier molecular flexibility index (Phi) is 6.02. The van der Waals surface area contributed by atoms with Gasteiger partial charge in [0.2, 0.25) is 5.91 Å². The highest BCUT2D eigenvalue weighted by Gasteiger charge is 2.04. The highest BCUT2D eigenvalue weighted by Crippen LogP contribution is 2.04. The van der Waals surface area contributed by atoms with Crippen LogP contribution in [0.5, 0.6) is 0 Å². The molecule has 0 heterocycles. The molecule has 5 nitrogen and oxygen atoms in total. The van der Waals surface area contributed by atoms with Gasteiger partial charge in [0.15, 0.2) is 0 Å². The SMILES string of the molecule is CC(N)CCC(=O)NCCc1ccc(C(=O)O)cc1. The first kappa shape index (κ1) is 15.2. The van der Waals surface area contributed by atoms with Gasteiger partial charge in [-0.2, -0.15) is 0 Å². The summed E-state index contributed by atoms with van der Waals surface area (Å²) in [5.74, 6) is -0.935. The third-order valence-corrected chi connectivity index (χ3v) is 2.76. The molecule has 1 rings (SSSR count). The standard InChI is InChI=1S/C14H20N2O3/c1-10(15)2-7-13(17)16-9-8-11-3-5-12(6-4-11)14(18)19/h3-6,10H,2,7-9,15H2,1H3,(H,16,17)(H,18,19). The molecule has 0 spiro atoms. The van der Waals surface area contributed by atoms with Gasteiger partial charge in [0.1, 0.15) is 0 Å². The number of carbonyl (C=O) groups excluding carboxylic acids is 1. The normalized spacial score (nSPS) is 11.9. The zero-order valence-electron chi connectivity index (χ0n) is 11.1. The summed E-state index contributed by atoms with van der Waals surface area (Å²) in [4.78, 5) is 22.1. The third kappa shape index (κ3) is 6.01. The van der Waals surface area contributed by atoms with Crippen molar-refractivity contribution in [1.29, 1.82) is 0 Å². The number of carboxylic acids is 1. The molecule has 0 aliphatic heterocycles. The second-order valence-corrected chi connectivity index (χ2v) is 4.62. The molecule has 0 radical (unpaired) electrons. The van der Waals surface area contributed by atoms with Gasteiger partial charge in [-0.15, -0.1) is 0 Å². The largest absolute Gasteiger partial charge is 0.478 e. The van der Waals surface area contributed by atoms with Crippen LogP contribution in [0, 0.1) is 0 Å². The van der Waals surface area contributed by atoms with Crippen LogP contribution in [0.25, 0.3) is 0 Å². The molecule has 0 saturated heterocycles. The number of amides is 1. The minimum Gasteiger partial charge on any atom is -0.478 e. The van der Waals surface area contributed by atoms with E-state index in [0.29, 0.717) is 25.8 Å². The van der Waals surface area contributed by atoms with E-state index in [9.17, 15) is 9.59 Å². The highest BCUT2D eigenvalue weighted by molar-refractivity contribution is 5.87. The number of aromatic carboxylic acids is 1. The van der Waals surface area contributed by atoms with Crippen molar-refractivity contribution < 1.29 is 14.7 Å². The molecule has 1 aromatic rings. The number of benzene rings is 1. The molecule has 1 aromatic carbocycles. The van der Waals surface area contributed by atoms with Gasteiger partial charge >= 0.3 is 5.97 Å². The minimum atomic E-state index is -0.934. The van der Waals surface area contributed by atoms with Crippen molar-refractivity contribution >= 4 is 11.9 Å². The van der Waals surface area contributed by atoms with Crippen molar-refractivity contribution in [2.24, 2.45) is 5.73 Å². The smallest absolute Gasteiger partial charge is 0.335 e. The molecule has 0 saturated carbocycles. The average molecular weight is 264 g/mol. The van der Waals surface area contributed by atoms with Crippen LogP contribution in [0.3, 0.4) is 0 Å². The number of carboxylic acid groups (broad SMARTS) is 1. The van der Waals surface area contributed by atoms with Crippen molar-refractivity contribution in [2.45, 2.75) is 32.2 Å². The number of nitrogens with two attached hydrogens (primary N) is 1. The predicted molar refractivity (Wildman–Crippen MR) is 73.0 cm³/mol. The second kappa shape index (κ2) is 7.53. The van der Waals surface area contributed by atoms with E-state index in [1.165, 1.54) is 0 Å². The number of rotatable bonds is 7. The maximum absolute atomic E-state index is 11.4. The average Bonchev–Trinajstić information content (AvgIpc) is 2.37. The van der Waals surface area contributed by atoms with E-state index < -0.39 is 5.97 Å². The van der Waals surface area contributed by atoms with Crippen molar-refractivity contribution in [1.82, 2.24) is 5.32 Å². The van der Waals surface area contributed by atoms with Crippen molar-refractivity contribution in [3.8, 4) is 0 Å². The fourth-order valence-corrected chi connectivity index (χ4v) is 1.61. The molecule has 1 amide bonds. The summed E-state index contributed by atoms with van der Waals surface area (Å²) in [5.41, 5.74) is 6.84. The summed E-state index contributed by atoms with van der Waals surface area (Å²) in [5, 5.41) is 11.6. The Bertz CT molecular complexity index is 427. The van der Waals surface area contributed by atoms with E-state index in [0.717, 1.165) is 5.56 Å². The van der Waals surface area contributed by atoms with Gasteiger partial charge < -0.3 is 16.2 Å². The monoisotopic (exact) mass is 264 g/mol.